The zero-order valence-corrected chi connectivity index (χ0v) is 20.6. The van der Waals surface area contributed by atoms with E-state index in [1.54, 1.807) is 19.1 Å². The number of rotatable bonds is 6. The van der Waals surface area contributed by atoms with Crippen LogP contribution in [0.15, 0.2) is 46.9 Å². The molecule has 0 aliphatic carbocycles. The SMILES string of the molecule is COC(=O)/C=C/c1nnc(CN2CCC(c3cccc4c3OC(C)(c3ccc(Cl)cc3F)O4)CC2)o1. The molecule has 1 fully saturated rings. The Morgan fingerprint density at radius 3 is 2.81 bits per heavy atom. The number of carbonyl (C=O) groups is 1. The molecular weight excluding hydrogens is 489 g/mol. The van der Waals surface area contributed by atoms with Gasteiger partial charge in [0.15, 0.2) is 11.5 Å². The van der Waals surface area contributed by atoms with Crippen LogP contribution in [-0.2, 0) is 21.9 Å². The maximum absolute atomic E-state index is 14.7. The highest BCUT2D eigenvalue weighted by Crippen LogP contribution is 2.49. The molecule has 2 aromatic carbocycles. The molecule has 188 valence electrons. The van der Waals surface area contributed by atoms with E-state index in [0.717, 1.165) is 31.5 Å². The number of fused-ring (bicyclic) bond motifs is 1. The second-order valence-electron chi connectivity index (χ2n) is 8.89. The number of piperidine rings is 1. The van der Waals surface area contributed by atoms with Crippen LogP contribution in [0, 0.1) is 5.82 Å². The topological polar surface area (TPSA) is 86.9 Å². The summed E-state index contributed by atoms with van der Waals surface area (Å²) in [6, 6.07) is 10.3. The molecule has 36 heavy (non-hydrogen) atoms. The van der Waals surface area contributed by atoms with Gasteiger partial charge in [-0.3, -0.25) is 4.90 Å². The second-order valence-corrected chi connectivity index (χ2v) is 9.33. The Morgan fingerprint density at radius 1 is 1.25 bits per heavy atom. The number of para-hydroxylation sites is 1. The molecule has 0 spiro atoms. The van der Waals surface area contributed by atoms with Crippen molar-refractivity contribution in [1.82, 2.24) is 15.1 Å². The third-order valence-electron chi connectivity index (χ3n) is 6.46. The first kappa shape index (κ1) is 24.3. The number of aromatic nitrogens is 2. The highest BCUT2D eigenvalue weighted by atomic mass is 35.5. The normalized spacial score (nSPS) is 20.2. The number of hydrogen-bond acceptors (Lipinski definition) is 8. The first-order chi connectivity index (χ1) is 17.3. The van der Waals surface area contributed by atoms with Gasteiger partial charge in [0.25, 0.3) is 5.79 Å². The standard InChI is InChI=1S/C26H25ClFN3O5/c1-26(19-7-6-17(27)14-20(19)28)35-21-5-3-4-18(25(21)36-26)16-10-12-31(13-11-16)15-23-30-29-22(34-23)8-9-24(32)33-2/h3-9,14,16H,10-13,15H2,1-2H3/b9-8+. The lowest BCUT2D eigenvalue weighted by atomic mass is 9.88. The van der Waals surface area contributed by atoms with Gasteiger partial charge in [-0.1, -0.05) is 23.7 Å². The molecule has 0 amide bonds. The van der Waals surface area contributed by atoms with Crippen LogP contribution in [0.2, 0.25) is 5.02 Å². The molecule has 8 nitrogen and oxygen atoms in total. The van der Waals surface area contributed by atoms with Crippen LogP contribution in [0.5, 0.6) is 11.5 Å². The number of carbonyl (C=O) groups excluding carboxylic acids is 1. The van der Waals surface area contributed by atoms with Gasteiger partial charge in [-0.15, -0.1) is 10.2 Å². The number of benzene rings is 2. The summed E-state index contributed by atoms with van der Waals surface area (Å²) in [4.78, 5) is 13.5. The molecular formula is C26H25ClFN3O5. The van der Waals surface area contributed by atoms with E-state index in [1.165, 1.54) is 25.3 Å². The minimum atomic E-state index is -1.27. The van der Waals surface area contributed by atoms with Gasteiger partial charge in [0.05, 0.1) is 19.2 Å². The van der Waals surface area contributed by atoms with Crippen LogP contribution in [-0.4, -0.2) is 41.3 Å². The fourth-order valence-electron chi connectivity index (χ4n) is 4.64. The number of methoxy groups -OCH3 is 1. The minimum absolute atomic E-state index is 0.252. The molecule has 1 atom stereocenters. The molecule has 0 N–H and O–H groups in total. The van der Waals surface area contributed by atoms with Gasteiger partial charge in [-0.25, -0.2) is 9.18 Å². The maximum atomic E-state index is 14.7. The molecule has 1 aromatic heterocycles. The molecule has 0 bridgehead atoms. The average Bonchev–Trinajstić information content (AvgIpc) is 3.46. The molecule has 5 rings (SSSR count). The number of halogens is 2. The van der Waals surface area contributed by atoms with Gasteiger partial charge < -0.3 is 18.6 Å². The summed E-state index contributed by atoms with van der Waals surface area (Å²) in [5, 5.41) is 8.31. The van der Waals surface area contributed by atoms with E-state index in [1.807, 2.05) is 18.2 Å². The first-order valence-corrected chi connectivity index (χ1v) is 12.0. The Balaban J connectivity index is 1.24. The van der Waals surface area contributed by atoms with E-state index in [2.05, 4.69) is 19.8 Å². The van der Waals surface area contributed by atoms with E-state index in [9.17, 15) is 9.18 Å². The van der Waals surface area contributed by atoms with Gasteiger partial charge in [0.1, 0.15) is 5.82 Å². The third-order valence-corrected chi connectivity index (χ3v) is 6.70. The largest absolute Gasteiger partial charge is 0.466 e. The lowest BCUT2D eigenvalue weighted by Gasteiger charge is -2.31. The lowest BCUT2D eigenvalue weighted by molar-refractivity contribution is -0.134. The van der Waals surface area contributed by atoms with E-state index < -0.39 is 17.6 Å². The monoisotopic (exact) mass is 513 g/mol. The number of likely N-dealkylation sites (tertiary alicyclic amines) is 1. The molecule has 10 heteroatoms. The van der Waals surface area contributed by atoms with E-state index >= 15 is 0 Å². The van der Waals surface area contributed by atoms with Gasteiger partial charge in [0, 0.05) is 29.7 Å². The maximum Gasteiger partial charge on any atom is 0.330 e. The van der Waals surface area contributed by atoms with Crippen LogP contribution in [0.3, 0.4) is 0 Å². The quantitative estimate of drug-likeness (QED) is 0.333. The molecule has 0 radical (unpaired) electrons. The Bertz CT molecular complexity index is 1300. The van der Waals surface area contributed by atoms with Gasteiger partial charge in [0.2, 0.25) is 11.8 Å². The fraction of sp³-hybridized carbons (Fsp3) is 0.346. The molecule has 0 saturated carbocycles. The van der Waals surface area contributed by atoms with Crippen molar-refractivity contribution in [2.75, 3.05) is 20.2 Å². The fourth-order valence-corrected chi connectivity index (χ4v) is 4.79. The number of ether oxygens (including phenoxy) is 3. The van der Waals surface area contributed by atoms with Crippen LogP contribution >= 0.6 is 11.6 Å². The van der Waals surface area contributed by atoms with Crippen molar-refractivity contribution < 1.29 is 27.8 Å². The Hall–Kier alpha value is -3.43. The summed E-state index contributed by atoms with van der Waals surface area (Å²) in [5.74, 6) is 0.0231. The predicted molar refractivity (Wildman–Crippen MR) is 129 cm³/mol. The molecule has 1 saturated heterocycles. The average molecular weight is 514 g/mol. The lowest BCUT2D eigenvalue weighted by Crippen LogP contribution is -2.33. The van der Waals surface area contributed by atoms with Crippen molar-refractivity contribution in [2.24, 2.45) is 0 Å². The van der Waals surface area contributed by atoms with Gasteiger partial charge in [-0.2, -0.15) is 0 Å². The van der Waals surface area contributed by atoms with Crippen molar-refractivity contribution in [3.05, 3.63) is 76.2 Å². The zero-order valence-electron chi connectivity index (χ0n) is 19.9. The van der Waals surface area contributed by atoms with Crippen molar-refractivity contribution in [1.29, 1.82) is 0 Å². The summed E-state index contributed by atoms with van der Waals surface area (Å²) in [7, 11) is 1.30. The van der Waals surface area contributed by atoms with Crippen molar-refractivity contribution in [2.45, 2.75) is 38.0 Å². The summed E-state index contributed by atoms with van der Waals surface area (Å²) in [6.07, 6.45) is 4.46. The summed E-state index contributed by atoms with van der Waals surface area (Å²) >= 11 is 5.92. The Morgan fingerprint density at radius 2 is 2.06 bits per heavy atom. The summed E-state index contributed by atoms with van der Waals surface area (Å²) in [6.45, 7) is 3.89. The summed E-state index contributed by atoms with van der Waals surface area (Å²) < 4.78 is 37.2. The van der Waals surface area contributed by atoms with E-state index in [0.29, 0.717) is 34.5 Å². The van der Waals surface area contributed by atoms with Crippen molar-refractivity contribution in [3.8, 4) is 11.5 Å². The summed E-state index contributed by atoms with van der Waals surface area (Å²) in [5.41, 5.74) is 1.35. The van der Waals surface area contributed by atoms with Gasteiger partial charge in [-0.05, 0) is 56.1 Å². The van der Waals surface area contributed by atoms with Crippen LogP contribution in [0.1, 0.15) is 48.6 Å². The zero-order chi connectivity index (χ0) is 25.3. The minimum Gasteiger partial charge on any atom is -0.466 e. The van der Waals surface area contributed by atoms with Crippen LogP contribution in [0.25, 0.3) is 6.08 Å². The molecule has 2 aliphatic rings. The number of nitrogens with zero attached hydrogens (tertiary/aromatic N) is 3. The first-order valence-electron chi connectivity index (χ1n) is 11.6. The second kappa shape index (κ2) is 9.91. The van der Waals surface area contributed by atoms with Crippen LogP contribution in [0.4, 0.5) is 4.39 Å². The third kappa shape index (κ3) is 4.94. The van der Waals surface area contributed by atoms with Crippen molar-refractivity contribution >= 4 is 23.6 Å². The molecule has 3 heterocycles. The molecule has 3 aromatic rings. The Kier molecular flexibility index (Phi) is 6.68. The van der Waals surface area contributed by atoms with E-state index in [4.69, 9.17) is 25.5 Å². The molecule has 1 unspecified atom stereocenters. The molecule has 2 aliphatic heterocycles. The van der Waals surface area contributed by atoms with Gasteiger partial charge >= 0.3 is 5.97 Å². The van der Waals surface area contributed by atoms with E-state index in [-0.39, 0.29) is 11.8 Å². The highest BCUT2D eigenvalue weighted by Gasteiger charge is 2.42. The smallest absolute Gasteiger partial charge is 0.330 e. The van der Waals surface area contributed by atoms with Crippen LogP contribution < -0.4 is 9.47 Å². The number of hydrogen-bond donors (Lipinski definition) is 0. The highest BCUT2D eigenvalue weighted by molar-refractivity contribution is 6.30. The number of esters is 1. The predicted octanol–water partition coefficient (Wildman–Crippen LogP) is 5.07. The Labute approximate surface area is 212 Å². The van der Waals surface area contributed by atoms with Crippen molar-refractivity contribution in [3.63, 3.8) is 0 Å².